The first kappa shape index (κ1) is 13.5. The van der Waals surface area contributed by atoms with Crippen molar-refractivity contribution in [3.8, 4) is 0 Å². The van der Waals surface area contributed by atoms with E-state index in [1.807, 2.05) is 30.3 Å². The van der Waals surface area contributed by atoms with E-state index in [2.05, 4.69) is 5.43 Å². The van der Waals surface area contributed by atoms with Crippen LogP contribution in [0.4, 0.5) is 0 Å². The average molecular weight is 283 g/mol. The Hall–Kier alpha value is -0.940. The summed E-state index contributed by atoms with van der Waals surface area (Å²) in [6.07, 6.45) is 4.27. The minimum Gasteiger partial charge on any atom is -0.472 e. The largest absolute Gasteiger partial charge is 0.472 e. The van der Waals surface area contributed by atoms with Gasteiger partial charge in [-0.3, -0.25) is 11.3 Å². The average Bonchev–Trinajstić information content (AvgIpc) is 2.87. The number of rotatable bonds is 6. The number of hydrogen-bond acceptors (Lipinski definition) is 4. The highest BCUT2D eigenvalue weighted by molar-refractivity contribution is 7.99. The molecule has 0 fully saturated rings. The number of benzene rings is 1. The summed E-state index contributed by atoms with van der Waals surface area (Å²) in [5.41, 5.74) is 3.97. The topological polar surface area (TPSA) is 51.2 Å². The van der Waals surface area contributed by atoms with Gasteiger partial charge in [-0.1, -0.05) is 17.7 Å². The van der Waals surface area contributed by atoms with E-state index in [4.69, 9.17) is 21.9 Å². The highest BCUT2D eigenvalue weighted by atomic mass is 35.5. The lowest BCUT2D eigenvalue weighted by atomic mass is 10.1. The predicted molar refractivity (Wildman–Crippen MR) is 75.7 cm³/mol. The van der Waals surface area contributed by atoms with Crippen molar-refractivity contribution in [2.45, 2.75) is 17.4 Å². The number of nitrogens with two attached hydrogens (primary N) is 1. The second-order valence-electron chi connectivity index (χ2n) is 3.97. The van der Waals surface area contributed by atoms with Gasteiger partial charge in [0.15, 0.2) is 0 Å². The van der Waals surface area contributed by atoms with Crippen LogP contribution in [-0.2, 0) is 6.42 Å². The molecule has 0 amide bonds. The van der Waals surface area contributed by atoms with Crippen molar-refractivity contribution in [2.24, 2.45) is 5.84 Å². The first-order chi connectivity index (χ1) is 8.78. The summed E-state index contributed by atoms with van der Waals surface area (Å²) in [6.45, 7) is 0. The lowest BCUT2D eigenvalue weighted by Gasteiger charge is -2.14. The molecule has 96 valence electrons. The summed E-state index contributed by atoms with van der Waals surface area (Å²) in [6, 6.07) is 9.97. The second kappa shape index (κ2) is 6.85. The van der Waals surface area contributed by atoms with Gasteiger partial charge in [-0.05, 0) is 36.2 Å². The maximum absolute atomic E-state index is 5.94. The van der Waals surface area contributed by atoms with Crippen molar-refractivity contribution >= 4 is 23.4 Å². The van der Waals surface area contributed by atoms with Crippen molar-refractivity contribution in [1.82, 2.24) is 5.43 Å². The molecule has 0 saturated heterocycles. The number of thioether (sulfide) groups is 1. The van der Waals surface area contributed by atoms with E-state index in [-0.39, 0.29) is 6.04 Å². The zero-order valence-corrected chi connectivity index (χ0v) is 11.4. The molecular formula is C13H15ClN2OS. The van der Waals surface area contributed by atoms with E-state index in [1.54, 1.807) is 24.3 Å². The van der Waals surface area contributed by atoms with Crippen LogP contribution >= 0.6 is 23.4 Å². The van der Waals surface area contributed by atoms with E-state index in [1.165, 1.54) is 0 Å². The second-order valence-corrected chi connectivity index (χ2v) is 5.50. The normalized spacial score (nSPS) is 12.6. The van der Waals surface area contributed by atoms with Crippen LogP contribution < -0.4 is 11.3 Å². The number of hydrazine groups is 1. The summed E-state index contributed by atoms with van der Waals surface area (Å²) in [4.78, 5) is 1.15. The number of halogens is 1. The van der Waals surface area contributed by atoms with E-state index in [9.17, 15) is 0 Å². The number of furan rings is 1. The van der Waals surface area contributed by atoms with Crippen LogP contribution in [0.1, 0.15) is 5.56 Å². The van der Waals surface area contributed by atoms with Crippen LogP contribution in [0.25, 0.3) is 0 Å². The lowest BCUT2D eigenvalue weighted by molar-refractivity contribution is 0.548. The first-order valence-corrected chi connectivity index (χ1v) is 7.00. The minimum absolute atomic E-state index is 0.201. The molecule has 2 aromatic rings. The van der Waals surface area contributed by atoms with Gasteiger partial charge >= 0.3 is 0 Å². The van der Waals surface area contributed by atoms with Crippen molar-refractivity contribution in [3.63, 3.8) is 0 Å². The SMILES string of the molecule is NNC(CSc1cccc(Cl)c1)Cc1ccoc1. The molecule has 0 aliphatic carbocycles. The van der Waals surface area contributed by atoms with Crippen molar-refractivity contribution in [3.05, 3.63) is 53.4 Å². The van der Waals surface area contributed by atoms with Gasteiger partial charge in [0.05, 0.1) is 12.5 Å². The van der Waals surface area contributed by atoms with E-state index in [0.29, 0.717) is 0 Å². The molecule has 1 unspecified atom stereocenters. The molecule has 3 N–H and O–H groups in total. The van der Waals surface area contributed by atoms with E-state index >= 15 is 0 Å². The number of hydrogen-bond donors (Lipinski definition) is 2. The molecular weight excluding hydrogens is 268 g/mol. The standard InChI is InChI=1S/C13H15ClN2OS/c14-11-2-1-3-13(7-11)18-9-12(16-15)6-10-4-5-17-8-10/h1-5,7-8,12,16H,6,9,15H2. The van der Waals surface area contributed by atoms with Gasteiger partial charge in [-0.15, -0.1) is 11.8 Å². The predicted octanol–water partition coefficient (Wildman–Crippen LogP) is 3.10. The lowest BCUT2D eigenvalue weighted by Crippen LogP contribution is -2.38. The third-order valence-electron chi connectivity index (χ3n) is 2.55. The molecule has 1 aromatic carbocycles. The molecule has 3 nitrogen and oxygen atoms in total. The van der Waals surface area contributed by atoms with Gasteiger partial charge in [0.1, 0.15) is 0 Å². The van der Waals surface area contributed by atoms with Crippen LogP contribution in [0.15, 0.2) is 52.2 Å². The fraction of sp³-hybridized carbons (Fsp3) is 0.231. The van der Waals surface area contributed by atoms with Crippen LogP contribution in [0.2, 0.25) is 5.02 Å². The summed E-state index contributed by atoms with van der Waals surface area (Å²) in [7, 11) is 0. The highest BCUT2D eigenvalue weighted by Gasteiger charge is 2.09. The fourth-order valence-electron chi connectivity index (χ4n) is 1.61. The Balaban J connectivity index is 1.87. The van der Waals surface area contributed by atoms with Gasteiger partial charge in [0.25, 0.3) is 0 Å². The third kappa shape index (κ3) is 4.07. The van der Waals surface area contributed by atoms with E-state index in [0.717, 1.165) is 27.7 Å². The summed E-state index contributed by atoms with van der Waals surface area (Å²) < 4.78 is 5.05. The van der Waals surface area contributed by atoms with Gasteiger partial charge < -0.3 is 4.42 Å². The molecule has 0 aliphatic heterocycles. The molecule has 2 rings (SSSR count). The molecule has 0 bridgehead atoms. The Bertz CT molecular complexity index is 476. The third-order valence-corrected chi connectivity index (χ3v) is 3.94. The molecule has 18 heavy (non-hydrogen) atoms. The maximum Gasteiger partial charge on any atom is 0.0935 e. The zero-order chi connectivity index (χ0) is 12.8. The molecule has 0 radical (unpaired) electrons. The quantitative estimate of drug-likeness (QED) is 0.486. The highest BCUT2D eigenvalue weighted by Crippen LogP contribution is 2.22. The van der Waals surface area contributed by atoms with E-state index < -0.39 is 0 Å². The van der Waals surface area contributed by atoms with Gasteiger partial charge in [0.2, 0.25) is 0 Å². The summed E-state index contributed by atoms with van der Waals surface area (Å²) in [5, 5.41) is 0.757. The van der Waals surface area contributed by atoms with Crippen LogP contribution in [0.3, 0.4) is 0 Å². The first-order valence-electron chi connectivity index (χ1n) is 5.63. The molecule has 1 atom stereocenters. The molecule has 0 saturated carbocycles. The van der Waals surface area contributed by atoms with Crippen molar-refractivity contribution < 1.29 is 4.42 Å². The Morgan fingerprint density at radius 2 is 2.28 bits per heavy atom. The van der Waals surface area contributed by atoms with Crippen molar-refractivity contribution in [2.75, 3.05) is 5.75 Å². The van der Waals surface area contributed by atoms with Crippen LogP contribution in [0.5, 0.6) is 0 Å². The molecule has 5 heteroatoms. The molecule has 0 aliphatic rings. The Morgan fingerprint density at radius 1 is 1.39 bits per heavy atom. The summed E-state index contributed by atoms with van der Waals surface area (Å²) in [5.74, 6) is 6.44. The fourth-order valence-corrected chi connectivity index (χ4v) is 2.86. The molecule has 0 spiro atoms. The van der Waals surface area contributed by atoms with Crippen LogP contribution in [-0.4, -0.2) is 11.8 Å². The maximum atomic E-state index is 5.94. The number of nitrogens with one attached hydrogen (secondary N) is 1. The zero-order valence-electron chi connectivity index (χ0n) is 9.80. The van der Waals surface area contributed by atoms with Gasteiger partial charge in [-0.25, -0.2) is 0 Å². The van der Waals surface area contributed by atoms with Crippen molar-refractivity contribution in [1.29, 1.82) is 0 Å². The smallest absolute Gasteiger partial charge is 0.0935 e. The Morgan fingerprint density at radius 3 is 2.94 bits per heavy atom. The Kier molecular flexibility index (Phi) is 5.13. The molecule has 1 aromatic heterocycles. The van der Waals surface area contributed by atoms with Gasteiger partial charge in [0, 0.05) is 21.7 Å². The van der Waals surface area contributed by atoms with Crippen LogP contribution in [0, 0.1) is 0 Å². The monoisotopic (exact) mass is 282 g/mol. The Labute approximate surface area is 116 Å². The minimum atomic E-state index is 0.201. The summed E-state index contributed by atoms with van der Waals surface area (Å²) >= 11 is 7.67. The molecule has 1 heterocycles. The van der Waals surface area contributed by atoms with Gasteiger partial charge in [-0.2, -0.15) is 0 Å².